The fraction of sp³-hybridized carbons (Fsp3) is 0.636. The van der Waals surface area contributed by atoms with Crippen molar-refractivity contribution in [3.8, 4) is 0 Å². The number of hydrogen-bond acceptors (Lipinski definition) is 2. The van der Waals surface area contributed by atoms with Crippen molar-refractivity contribution in [2.24, 2.45) is 0 Å². The molecule has 1 aliphatic heterocycles. The van der Waals surface area contributed by atoms with E-state index in [0.29, 0.717) is 11.2 Å². The molecule has 1 rings (SSSR count). The first-order chi connectivity index (χ1) is 7.00. The Hall–Kier alpha value is -0.0400. The largest absolute Gasteiger partial charge is 0.322 e. The van der Waals surface area contributed by atoms with Crippen LogP contribution in [0.2, 0.25) is 0 Å². The minimum atomic E-state index is -2.62. The normalized spacial score (nSPS) is 26.5. The van der Waals surface area contributed by atoms with E-state index in [0.717, 1.165) is 18.4 Å². The standard InChI is InChI=1S/C11H18ClO2P/c1-4-10(5-2)14-15(13)7-6-11(12)9(3)8-15/h6-7,10H,4-5,8H2,1-3H3. The van der Waals surface area contributed by atoms with E-state index in [1.54, 1.807) is 11.9 Å². The zero-order valence-corrected chi connectivity index (χ0v) is 11.1. The van der Waals surface area contributed by atoms with Crippen LogP contribution in [0.15, 0.2) is 22.5 Å². The smallest absolute Gasteiger partial charge is 0.229 e. The molecule has 0 saturated heterocycles. The molecule has 4 heteroatoms. The van der Waals surface area contributed by atoms with Gasteiger partial charge in [0.05, 0.1) is 12.3 Å². The molecule has 1 aliphatic rings. The molecule has 0 fully saturated rings. The summed E-state index contributed by atoms with van der Waals surface area (Å²) in [6.45, 7) is 5.99. The maximum atomic E-state index is 12.3. The number of halogens is 1. The summed E-state index contributed by atoms with van der Waals surface area (Å²) in [5.41, 5.74) is 0.952. The lowest BCUT2D eigenvalue weighted by Crippen LogP contribution is -2.10. The molecule has 0 aromatic heterocycles. The highest BCUT2D eigenvalue weighted by molar-refractivity contribution is 7.62. The maximum absolute atomic E-state index is 12.3. The Morgan fingerprint density at radius 3 is 2.60 bits per heavy atom. The van der Waals surface area contributed by atoms with Crippen molar-refractivity contribution in [3.05, 3.63) is 22.5 Å². The van der Waals surface area contributed by atoms with Gasteiger partial charge in [-0.25, -0.2) is 0 Å². The van der Waals surface area contributed by atoms with Gasteiger partial charge in [0.25, 0.3) is 0 Å². The molecule has 0 saturated carbocycles. The van der Waals surface area contributed by atoms with Crippen LogP contribution in [-0.4, -0.2) is 12.3 Å². The summed E-state index contributed by atoms with van der Waals surface area (Å²) in [7, 11) is -2.62. The SMILES string of the molecule is CCC(CC)OP1(=O)C=CC(Cl)=C(C)C1. The summed E-state index contributed by atoms with van der Waals surface area (Å²) in [6.07, 6.45) is 4.03. The van der Waals surface area contributed by atoms with Gasteiger partial charge in [-0.2, -0.15) is 0 Å². The summed E-state index contributed by atoms with van der Waals surface area (Å²) < 4.78 is 18.0. The third-order valence-corrected chi connectivity index (χ3v) is 5.17. The molecule has 0 bridgehead atoms. The molecule has 0 radical (unpaired) electrons. The van der Waals surface area contributed by atoms with Crippen molar-refractivity contribution >= 4 is 19.0 Å². The quantitative estimate of drug-likeness (QED) is 0.684. The van der Waals surface area contributed by atoms with Crippen molar-refractivity contribution < 1.29 is 9.09 Å². The molecular weight excluding hydrogens is 231 g/mol. The van der Waals surface area contributed by atoms with E-state index < -0.39 is 7.37 Å². The van der Waals surface area contributed by atoms with Crippen molar-refractivity contribution in [1.82, 2.24) is 0 Å². The van der Waals surface area contributed by atoms with Gasteiger partial charge in [0.2, 0.25) is 7.37 Å². The zero-order valence-electron chi connectivity index (χ0n) is 9.50. The van der Waals surface area contributed by atoms with Crippen LogP contribution in [0.1, 0.15) is 33.6 Å². The lowest BCUT2D eigenvalue weighted by molar-refractivity contribution is 0.199. The predicted molar refractivity (Wildman–Crippen MR) is 65.6 cm³/mol. The molecule has 86 valence electrons. The zero-order chi connectivity index (χ0) is 11.5. The van der Waals surface area contributed by atoms with Crippen LogP contribution in [0.3, 0.4) is 0 Å². The number of hydrogen-bond donors (Lipinski definition) is 0. The summed E-state index contributed by atoms with van der Waals surface area (Å²) >= 11 is 5.91. The highest BCUT2D eigenvalue weighted by atomic mass is 35.5. The minimum absolute atomic E-state index is 0.0881. The van der Waals surface area contributed by atoms with Gasteiger partial charge in [-0.05, 0) is 31.4 Å². The van der Waals surface area contributed by atoms with E-state index in [9.17, 15) is 4.57 Å². The average Bonchev–Trinajstić information content (AvgIpc) is 2.21. The lowest BCUT2D eigenvalue weighted by Gasteiger charge is -2.23. The van der Waals surface area contributed by atoms with Crippen LogP contribution in [-0.2, 0) is 9.09 Å². The Morgan fingerprint density at radius 2 is 2.13 bits per heavy atom. The van der Waals surface area contributed by atoms with Crippen LogP contribution in [0.5, 0.6) is 0 Å². The molecule has 0 aliphatic carbocycles. The van der Waals surface area contributed by atoms with E-state index in [4.69, 9.17) is 16.1 Å². The van der Waals surface area contributed by atoms with E-state index in [-0.39, 0.29) is 6.10 Å². The van der Waals surface area contributed by atoms with Crippen molar-refractivity contribution in [2.75, 3.05) is 6.16 Å². The summed E-state index contributed by atoms with van der Waals surface area (Å²) in [6, 6.07) is 0. The Bertz CT molecular complexity index is 329. The predicted octanol–water partition coefficient (Wildman–Crippen LogP) is 4.51. The van der Waals surface area contributed by atoms with Gasteiger partial charge in [-0.3, -0.25) is 4.57 Å². The molecule has 1 atom stereocenters. The third kappa shape index (κ3) is 3.48. The van der Waals surface area contributed by atoms with Crippen LogP contribution < -0.4 is 0 Å². The second kappa shape index (κ2) is 5.34. The summed E-state index contributed by atoms with van der Waals surface area (Å²) in [4.78, 5) is 0. The Kier molecular flexibility index (Phi) is 4.64. The molecule has 2 nitrogen and oxygen atoms in total. The fourth-order valence-corrected chi connectivity index (χ4v) is 4.11. The molecule has 0 N–H and O–H groups in total. The Labute approximate surface area is 96.8 Å². The van der Waals surface area contributed by atoms with Crippen LogP contribution >= 0.6 is 19.0 Å². The molecule has 1 heterocycles. The van der Waals surface area contributed by atoms with Gasteiger partial charge in [0.1, 0.15) is 0 Å². The molecular formula is C11H18ClO2P. The topological polar surface area (TPSA) is 26.3 Å². The van der Waals surface area contributed by atoms with Crippen molar-refractivity contribution in [3.63, 3.8) is 0 Å². The molecule has 0 aromatic rings. The molecule has 0 amide bonds. The Morgan fingerprint density at radius 1 is 1.53 bits per heavy atom. The first kappa shape index (κ1) is 13.0. The van der Waals surface area contributed by atoms with Crippen LogP contribution in [0.4, 0.5) is 0 Å². The minimum Gasteiger partial charge on any atom is -0.322 e. The van der Waals surface area contributed by atoms with Gasteiger partial charge in [0.15, 0.2) is 0 Å². The second-order valence-electron chi connectivity index (χ2n) is 3.87. The van der Waals surface area contributed by atoms with E-state index >= 15 is 0 Å². The molecule has 15 heavy (non-hydrogen) atoms. The van der Waals surface area contributed by atoms with Crippen LogP contribution in [0.25, 0.3) is 0 Å². The lowest BCUT2D eigenvalue weighted by atomic mass is 10.2. The summed E-state index contributed by atoms with van der Waals surface area (Å²) in [5.74, 6) is 1.64. The number of rotatable bonds is 4. The summed E-state index contributed by atoms with van der Waals surface area (Å²) in [5, 5.41) is 0.689. The number of allylic oxidation sites excluding steroid dienone is 3. The fourth-order valence-electron chi connectivity index (χ4n) is 1.54. The van der Waals surface area contributed by atoms with Crippen molar-refractivity contribution in [1.29, 1.82) is 0 Å². The average molecular weight is 249 g/mol. The van der Waals surface area contributed by atoms with Gasteiger partial charge in [-0.1, -0.05) is 25.4 Å². The monoisotopic (exact) mass is 248 g/mol. The van der Waals surface area contributed by atoms with Crippen LogP contribution in [0, 0.1) is 0 Å². The van der Waals surface area contributed by atoms with E-state index in [1.807, 2.05) is 20.8 Å². The van der Waals surface area contributed by atoms with Gasteiger partial charge in [-0.15, -0.1) is 0 Å². The van der Waals surface area contributed by atoms with E-state index in [2.05, 4.69) is 0 Å². The second-order valence-corrected chi connectivity index (χ2v) is 6.56. The third-order valence-electron chi connectivity index (χ3n) is 2.55. The first-order valence-electron chi connectivity index (χ1n) is 5.32. The van der Waals surface area contributed by atoms with E-state index in [1.165, 1.54) is 0 Å². The maximum Gasteiger partial charge on any atom is 0.229 e. The molecule has 0 spiro atoms. The van der Waals surface area contributed by atoms with Gasteiger partial charge < -0.3 is 4.52 Å². The molecule has 1 unspecified atom stereocenters. The van der Waals surface area contributed by atoms with Gasteiger partial charge >= 0.3 is 0 Å². The first-order valence-corrected chi connectivity index (χ1v) is 7.58. The highest BCUT2D eigenvalue weighted by Crippen LogP contribution is 2.54. The Balaban J connectivity index is 2.72. The highest BCUT2D eigenvalue weighted by Gasteiger charge is 2.27. The van der Waals surface area contributed by atoms with Gasteiger partial charge in [0, 0.05) is 10.8 Å². The molecule has 0 aromatic carbocycles. The van der Waals surface area contributed by atoms with Crippen molar-refractivity contribution in [2.45, 2.75) is 39.7 Å².